The molecule has 1 amide bonds. The van der Waals surface area contributed by atoms with Crippen LogP contribution in [0, 0.1) is 19.8 Å². The van der Waals surface area contributed by atoms with Crippen LogP contribution in [0.3, 0.4) is 0 Å². The molecule has 1 saturated carbocycles. The van der Waals surface area contributed by atoms with Crippen LogP contribution >= 0.6 is 11.3 Å². The van der Waals surface area contributed by atoms with Crippen LogP contribution in [0.5, 0.6) is 5.75 Å². The Morgan fingerprint density at radius 2 is 1.94 bits per heavy atom. The summed E-state index contributed by atoms with van der Waals surface area (Å²) in [6.45, 7) is 4.48. The zero-order chi connectivity index (χ0) is 24.8. The molecule has 0 bridgehead atoms. The van der Waals surface area contributed by atoms with Crippen molar-refractivity contribution in [2.24, 2.45) is 5.92 Å². The number of carbonyl (C=O) groups excluding carboxylic acids is 1. The molecule has 1 fully saturated rings. The summed E-state index contributed by atoms with van der Waals surface area (Å²) in [5.74, 6) is -0.409. The average molecular weight is 495 g/mol. The lowest BCUT2D eigenvalue weighted by Gasteiger charge is -2.27. The number of carboxylic acids is 1. The molecule has 0 unspecified atom stereocenters. The Hall–Kier alpha value is -3.39. The number of hydrogen-bond donors (Lipinski definition) is 2. The normalized spacial score (nSPS) is 17.5. The zero-order valence-corrected chi connectivity index (χ0v) is 20.8. The molecule has 3 aromatic rings. The largest absolute Gasteiger partial charge is 0.489 e. The lowest BCUT2D eigenvalue weighted by molar-refractivity contribution is -0.143. The molecular formula is C27H30N2O5S. The first kappa shape index (κ1) is 24.7. The Kier molecular flexibility index (Phi) is 8.02. The second-order valence-corrected chi connectivity index (χ2v) is 10.1. The highest BCUT2D eigenvalue weighted by molar-refractivity contribution is 7.15. The van der Waals surface area contributed by atoms with E-state index in [2.05, 4.69) is 5.32 Å². The summed E-state index contributed by atoms with van der Waals surface area (Å²) in [6, 6.07) is 15.4. The van der Waals surface area contributed by atoms with Gasteiger partial charge in [0.15, 0.2) is 0 Å². The van der Waals surface area contributed by atoms with Crippen LogP contribution in [-0.4, -0.2) is 28.3 Å². The molecule has 1 aromatic carbocycles. The molecule has 0 radical (unpaired) electrons. The van der Waals surface area contributed by atoms with Crippen LogP contribution in [0.2, 0.25) is 0 Å². The SMILES string of the molecule is Cc1cc(CNC(=O)OCc2ccccc2)c(-c2ccc(O[C@H]3CCC[C@H](C(=O)O)C3)c(C)n2)s1. The number of rotatable bonds is 8. The van der Waals surface area contributed by atoms with Gasteiger partial charge in [0.1, 0.15) is 12.4 Å². The molecular weight excluding hydrogens is 464 g/mol. The van der Waals surface area contributed by atoms with Gasteiger partial charge in [0, 0.05) is 11.4 Å². The van der Waals surface area contributed by atoms with Crippen LogP contribution in [0.1, 0.15) is 47.4 Å². The summed E-state index contributed by atoms with van der Waals surface area (Å²) in [5.41, 5.74) is 3.48. The Morgan fingerprint density at radius 3 is 2.69 bits per heavy atom. The van der Waals surface area contributed by atoms with Crippen molar-refractivity contribution in [2.45, 2.75) is 58.8 Å². The van der Waals surface area contributed by atoms with E-state index >= 15 is 0 Å². The number of thiophene rings is 1. The van der Waals surface area contributed by atoms with Gasteiger partial charge in [-0.05, 0) is 68.9 Å². The molecule has 35 heavy (non-hydrogen) atoms. The fourth-order valence-electron chi connectivity index (χ4n) is 4.31. The maximum atomic E-state index is 12.2. The summed E-state index contributed by atoms with van der Waals surface area (Å²) in [6.07, 6.45) is 2.36. The van der Waals surface area contributed by atoms with Gasteiger partial charge < -0.3 is 19.9 Å². The van der Waals surface area contributed by atoms with Gasteiger partial charge in [-0.15, -0.1) is 11.3 Å². The van der Waals surface area contributed by atoms with Gasteiger partial charge in [0.05, 0.1) is 28.3 Å². The van der Waals surface area contributed by atoms with E-state index in [1.807, 2.05) is 62.4 Å². The number of alkyl carbamates (subject to hydrolysis) is 1. The predicted octanol–water partition coefficient (Wildman–Crippen LogP) is 5.88. The highest BCUT2D eigenvalue weighted by atomic mass is 32.1. The van der Waals surface area contributed by atoms with Crippen LogP contribution in [0.25, 0.3) is 10.6 Å². The number of aromatic nitrogens is 1. The minimum Gasteiger partial charge on any atom is -0.489 e. The quantitative estimate of drug-likeness (QED) is 0.406. The van der Waals surface area contributed by atoms with Crippen molar-refractivity contribution in [3.63, 3.8) is 0 Å². The van der Waals surface area contributed by atoms with Crippen molar-refractivity contribution < 1.29 is 24.2 Å². The van der Waals surface area contributed by atoms with Crippen LogP contribution < -0.4 is 10.1 Å². The lowest BCUT2D eigenvalue weighted by Crippen LogP contribution is -2.29. The van der Waals surface area contributed by atoms with Gasteiger partial charge in [-0.1, -0.05) is 30.3 Å². The molecule has 2 aromatic heterocycles. The van der Waals surface area contributed by atoms with Gasteiger partial charge in [0.2, 0.25) is 0 Å². The summed E-state index contributed by atoms with van der Waals surface area (Å²) < 4.78 is 11.5. The number of nitrogens with one attached hydrogen (secondary N) is 1. The third kappa shape index (κ3) is 6.60. The van der Waals surface area contributed by atoms with E-state index in [1.165, 1.54) is 0 Å². The van der Waals surface area contributed by atoms with E-state index in [0.29, 0.717) is 25.1 Å². The van der Waals surface area contributed by atoms with Crippen LogP contribution in [-0.2, 0) is 22.7 Å². The van der Waals surface area contributed by atoms with Crippen molar-refractivity contribution in [1.29, 1.82) is 0 Å². The first-order chi connectivity index (χ1) is 16.9. The minimum absolute atomic E-state index is 0.109. The maximum absolute atomic E-state index is 12.2. The standard InChI is InChI=1S/C27H30N2O5S/c1-17-13-21(15-28-27(32)33-16-19-7-4-3-5-8-19)25(35-17)23-11-12-24(18(2)29-23)34-22-10-6-9-20(14-22)26(30)31/h3-5,7-8,11-13,20,22H,6,9-10,14-16H2,1-2H3,(H,28,32)(H,30,31)/t20-,22-/m0/s1. The maximum Gasteiger partial charge on any atom is 0.407 e. The molecule has 184 valence electrons. The number of aliphatic carboxylic acids is 1. The Bertz CT molecular complexity index is 1180. The van der Waals surface area contributed by atoms with Gasteiger partial charge >= 0.3 is 12.1 Å². The van der Waals surface area contributed by atoms with E-state index in [-0.39, 0.29) is 18.6 Å². The number of nitrogens with zero attached hydrogens (tertiary/aromatic N) is 1. The Balaban J connectivity index is 1.39. The zero-order valence-electron chi connectivity index (χ0n) is 20.0. The molecule has 1 aliphatic rings. The van der Waals surface area contributed by atoms with E-state index in [9.17, 15) is 14.7 Å². The van der Waals surface area contributed by atoms with Crippen molar-refractivity contribution in [3.8, 4) is 16.3 Å². The van der Waals surface area contributed by atoms with Crippen molar-refractivity contribution in [2.75, 3.05) is 0 Å². The van der Waals surface area contributed by atoms with Crippen LogP contribution in [0.4, 0.5) is 4.79 Å². The van der Waals surface area contributed by atoms with E-state index in [4.69, 9.17) is 14.5 Å². The van der Waals surface area contributed by atoms with Crippen LogP contribution in [0.15, 0.2) is 48.5 Å². The van der Waals surface area contributed by atoms with Gasteiger partial charge in [0.25, 0.3) is 0 Å². The summed E-state index contributed by atoms with van der Waals surface area (Å²) in [4.78, 5) is 30.4. The first-order valence-corrected chi connectivity index (χ1v) is 12.6. The fraction of sp³-hybridized carbons (Fsp3) is 0.370. The topological polar surface area (TPSA) is 97.8 Å². The molecule has 1 aliphatic carbocycles. The predicted molar refractivity (Wildman–Crippen MR) is 135 cm³/mol. The van der Waals surface area contributed by atoms with Crippen molar-refractivity contribution >= 4 is 23.4 Å². The second kappa shape index (κ2) is 11.4. The van der Waals surface area contributed by atoms with E-state index in [0.717, 1.165) is 45.1 Å². The molecule has 4 rings (SSSR count). The summed E-state index contributed by atoms with van der Waals surface area (Å²) in [5, 5.41) is 12.2. The number of hydrogen-bond acceptors (Lipinski definition) is 6. The summed E-state index contributed by atoms with van der Waals surface area (Å²) >= 11 is 1.62. The van der Waals surface area contributed by atoms with Gasteiger partial charge in [-0.25, -0.2) is 9.78 Å². The van der Waals surface area contributed by atoms with Gasteiger partial charge in [-0.2, -0.15) is 0 Å². The number of amides is 1. The number of ether oxygens (including phenoxy) is 2. The van der Waals surface area contributed by atoms with Gasteiger partial charge in [-0.3, -0.25) is 4.79 Å². The molecule has 2 atom stereocenters. The van der Waals surface area contributed by atoms with Crippen molar-refractivity contribution in [1.82, 2.24) is 10.3 Å². The third-order valence-electron chi connectivity index (χ3n) is 6.11. The number of pyridine rings is 1. The number of carbonyl (C=O) groups is 2. The average Bonchev–Trinajstić information content (AvgIpc) is 3.24. The minimum atomic E-state index is -0.748. The second-order valence-electron chi connectivity index (χ2n) is 8.85. The molecule has 2 N–H and O–H groups in total. The third-order valence-corrected chi connectivity index (χ3v) is 7.22. The lowest BCUT2D eigenvalue weighted by atomic mass is 9.87. The van der Waals surface area contributed by atoms with E-state index < -0.39 is 12.1 Å². The number of carboxylic acid groups (broad SMARTS) is 1. The molecule has 8 heteroatoms. The molecule has 0 spiro atoms. The fourth-order valence-corrected chi connectivity index (χ4v) is 5.32. The molecule has 2 heterocycles. The first-order valence-electron chi connectivity index (χ1n) is 11.8. The molecule has 0 saturated heterocycles. The number of benzene rings is 1. The summed E-state index contributed by atoms with van der Waals surface area (Å²) in [7, 11) is 0. The van der Waals surface area contributed by atoms with Crippen molar-refractivity contribution in [3.05, 3.63) is 70.2 Å². The Morgan fingerprint density at radius 1 is 1.14 bits per heavy atom. The molecule has 7 nitrogen and oxygen atoms in total. The smallest absolute Gasteiger partial charge is 0.407 e. The number of aryl methyl sites for hydroxylation is 2. The molecule has 0 aliphatic heterocycles. The Labute approximate surface area is 209 Å². The monoisotopic (exact) mass is 494 g/mol. The van der Waals surface area contributed by atoms with E-state index in [1.54, 1.807) is 11.3 Å². The highest BCUT2D eigenvalue weighted by Crippen LogP contribution is 2.34. The highest BCUT2D eigenvalue weighted by Gasteiger charge is 2.28.